The number of hydrogen-bond donors (Lipinski definition) is 1. The molecule has 0 unspecified atom stereocenters. The van der Waals surface area contributed by atoms with E-state index in [4.69, 9.17) is 0 Å². The fourth-order valence-corrected chi connectivity index (χ4v) is 2.73. The Balaban J connectivity index is 2.26. The molecule has 1 aromatic heterocycles. The van der Waals surface area contributed by atoms with Gasteiger partial charge in [0, 0.05) is 31.1 Å². The lowest BCUT2D eigenvalue weighted by Crippen LogP contribution is -2.26. The fourth-order valence-electron chi connectivity index (χ4n) is 2.73. The highest BCUT2D eigenvalue weighted by Gasteiger charge is 2.40. The minimum Gasteiger partial charge on any atom is -0.312 e. The van der Waals surface area contributed by atoms with Crippen molar-refractivity contribution in [3.8, 4) is 5.69 Å². The van der Waals surface area contributed by atoms with Crippen LogP contribution in [0.4, 0.5) is 18.9 Å². The molecular formula is C14H13F3N4O2. The zero-order chi connectivity index (χ0) is 16.8. The molecular weight excluding hydrogens is 313 g/mol. The molecule has 2 heterocycles. The SMILES string of the molecule is Cc1ccc(-n2nc(C(F)(F)F)c3c2CCNC3)c([N+](=O)[O-])c1. The van der Waals surface area contributed by atoms with E-state index in [1.54, 1.807) is 13.0 Å². The number of nitrogens with one attached hydrogen (secondary N) is 1. The predicted molar refractivity (Wildman–Crippen MR) is 75.4 cm³/mol. The van der Waals surface area contributed by atoms with Crippen LogP contribution in [0.5, 0.6) is 0 Å². The Bertz CT molecular complexity index is 783. The average molecular weight is 326 g/mol. The molecule has 0 atom stereocenters. The van der Waals surface area contributed by atoms with E-state index in [1.807, 2.05) is 0 Å². The Labute approximate surface area is 129 Å². The molecule has 0 aliphatic carbocycles. The molecule has 2 aromatic rings. The van der Waals surface area contributed by atoms with E-state index in [0.29, 0.717) is 24.2 Å². The lowest BCUT2D eigenvalue weighted by Gasteiger charge is -2.16. The van der Waals surface area contributed by atoms with Gasteiger partial charge in [-0.1, -0.05) is 6.07 Å². The molecule has 122 valence electrons. The van der Waals surface area contributed by atoms with Crippen molar-refractivity contribution >= 4 is 5.69 Å². The summed E-state index contributed by atoms with van der Waals surface area (Å²) in [6.07, 6.45) is -4.28. The van der Waals surface area contributed by atoms with Gasteiger partial charge in [0.2, 0.25) is 0 Å². The monoisotopic (exact) mass is 326 g/mol. The van der Waals surface area contributed by atoms with Crippen LogP contribution in [0.3, 0.4) is 0 Å². The molecule has 0 radical (unpaired) electrons. The molecule has 3 rings (SSSR count). The summed E-state index contributed by atoms with van der Waals surface area (Å²) in [5.41, 5.74) is -0.132. The van der Waals surface area contributed by atoms with Crippen molar-refractivity contribution in [3.05, 3.63) is 50.8 Å². The zero-order valence-corrected chi connectivity index (χ0v) is 12.1. The number of fused-ring (bicyclic) bond motifs is 1. The lowest BCUT2D eigenvalue weighted by molar-refractivity contribution is -0.384. The second-order valence-electron chi connectivity index (χ2n) is 5.36. The summed E-state index contributed by atoms with van der Waals surface area (Å²) in [5, 5.41) is 17.8. The van der Waals surface area contributed by atoms with Gasteiger partial charge in [-0.05, 0) is 18.6 Å². The number of halogens is 3. The van der Waals surface area contributed by atoms with Crippen LogP contribution in [0.1, 0.15) is 22.5 Å². The molecule has 0 spiro atoms. The van der Waals surface area contributed by atoms with Crippen molar-refractivity contribution < 1.29 is 18.1 Å². The standard InChI is InChI=1S/C14H13F3N4O2/c1-8-2-3-11(12(6-8)21(22)23)20-10-4-5-18-7-9(10)13(19-20)14(15,16)17/h2-3,6,18H,4-5,7H2,1H3. The summed E-state index contributed by atoms with van der Waals surface area (Å²) >= 11 is 0. The van der Waals surface area contributed by atoms with Crippen LogP contribution in [0, 0.1) is 17.0 Å². The molecule has 1 N–H and O–H groups in total. The summed E-state index contributed by atoms with van der Waals surface area (Å²) in [4.78, 5) is 10.6. The molecule has 1 aromatic carbocycles. The minimum atomic E-state index is -4.60. The Morgan fingerprint density at radius 1 is 1.39 bits per heavy atom. The maximum absolute atomic E-state index is 13.2. The van der Waals surface area contributed by atoms with Gasteiger partial charge in [-0.15, -0.1) is 0 Å². The van der Waals surface area contributed by atoms with Gasteiger partial charge in [0.1, 0.15) is 5.69 Å². The van der Waals surface area contributed by atoms with E-state index < -0.39 is 16.8 Å². The number of nitrogens with zero attached hydrogens (tertiary/aromatic N) is 3. The summed E-state index contributed by atoms with van der Waals surface area (Å²) < 4.78 is 40.6. The van der Waals surface area contributed by atoms with E-state index in [9.17, 15) is 23.3 Å². The third-order valence-corrected chi connectivity index (χ3v) is 3.75. The number of benzene rings is 1. The van der Waals surface area contributed by atoms with Crippen LogP contribution >= 0.6 is 0 Å². The highest BCUT2D eigenvalue weighted by atomic mass is 19.4. The Hall–Kier alpha value is -2.42. The van der Waals surface area contributed by atoms with E-state index in [1.165, 1.54) is 12.1 Å². The van der Waals surface area contributed by atoms with E-state index >= 15 is 0 Å². The molecule has 9 heteroatoms. The smallest absolute Gasteiger partial charge is 0.312 e. The number of aromatic nitrogens is 2. The van der Waals surface area contributed by atoms with Gasteiger partial charge >= 0.3 is 6.18 Å². The van der Waals surface area contributed by atoms with Crippen LogP contribution in [-0.2, 0) is 19.1 Å². The molecule has 1 aliphatic heterocycles. The Morgan fingerprint density at radius 2 is 2.13 bits per heavy atom. The number of hydrogen-bond acceptors (Lipinski definition) is 4. The third-order valence-electron chi connectivity index (χ3n) is 3.75. The third kappa shape index (κ3) is 2.67. The first-order chi connectivity index (χ1) is 10.8. The quantitative estimate of drug-likeness (QED) is 0.680. The summed E-state index contributed by atoms with van der Waals surface area (Å²) in [7, 11) is 0. The largest absolute Gasteiger partial charge is 0.435 e. The van der Waals surface area contributed by atoms with Crippen LogP contribution in [-0.4, -0.2) is 21.2 Å². The van der Waals surface area contributed by atoms with Gasteiger partial charge in [-0.25, -0.2) is 4.68 Å². The molecule has 1 aliphatic rings. The van der Waals surface area contributed by atoms with Gasteiger partial charge in [0.25, 0.3) is 5.69 Å². The molecule has 23 heavy (non-hydrogen) atoms. The van der Waals surface area contributed by atoms with Crippen molar-refractivity contribution in [1.29, 1.82) is 0 Å². The molecule has 0 bridgehead atoms. The Kier molecular flexibility index (Phi) is 3.59. The molecule has 0 saturated heterocycles. The molecule has 0 amide bonds. The minimum absolute atomic E-state index is 0.0455. The van der Waals surface area contributed by atoms with E-state index in [0.717, 1.165) is 4.68 Å². The first-order valence-corrected chi connectivity index (χ1v) is 6.93. The van der Waals surface area contributed by atoms with Gasteiger partial charge in [0.05, 0.1) is 10.6 Å². The van der Waals surface area contributed by atoms with Crippen molar-refractivity contribution in [2.45, 2.75) is 26.1 Å². The van der Waals surface area contributed by atoms with Crippen molar-refractivity contribution in [3.63, 3.8) is 0 Å². The van der Waals surface area contributed by atoms with Crippen LogP contribution < -0.4 is 5.32 Å². The maximum atomic E-state index is 13.2. The first kappa shape index (κ1) is 15.5. The maximum Gasteiger partial charge on any atom is 0.435 e. The fraction of sp³-hybridized carbons (Fsp3) is 0.357. The van der Waals surface area contributed by atoms with Crippen molar-refractivity contribution in [1.82, 2.24) is 15.1 Å². The lowest BCUT2D eigenvalue weighted by atomic mass is 10.1. The van der Waals surface area contributed by atoms with Gasteiger partial charge in [-0.3, -0.25) is 10.1 Å². The predicted octanol–water partition coefficient (Wildman–Crippen LogP) is 2.75. The number of alkyl halides is 3. The zero-order valence-electron chi connectivity index (χ0n) is 12.1. The normalized spacial score (nSPS) is 14.6. The van der Waals surface area contributed by atoms with E-state index in [2.05, 4.69) is 10.4 Å². The number of rotatable bonds is 2. The van der Waals surface area contributed by atoms with Crippen molar-refractivity contribution in [2.75, 3.05) is 6.54 Å². The second-order valence-corrected chi connectivity index (χ2v) is 5.36. The topological polar surface area (TPSA) is 73.0 Å². The van der Waals surface area contributed by atoms with Gasteiger partial charge < -0.3 is 5.32 Å². The average Bonchev–Trinajstić information content (AvgIpc) is 2.87. The number of nitro benzene ring substituents is 1. The second kappa shape index (κ2) is 5.34. The van der Waals surface area contributed by atoms with Crippen molar-refractivity contribution in [2.24, 2.45) is 0 Å². The van der Waals surface area contributed by atoms with E-state index in [-0.39, 0.29) is 23.5 Å². The van der Waals surface area contributed by atoms with Gasteiger partial charge in [0.15, 0.2) is 5.69 Å². The highest BCUT2D eigenvalue weighted by Crippen LogP contribution is 2.36. The first-order valence-electron chi connectivity index (χ1n) is 6.93. The summed E-state index contributed by atoms with van der Waals surface area (Å²) in [5.74, 6) is 0. The van der Waals surface area contributed by atoms with Crippen LogP contribution in [0.25, 0.3) is 5.69 Å². The number of nitro groups is 1. The van der Waals surface area contributed by atoms with Gasteiger partial charge in [-0.2, -0.15) is 18.3 Å². The molecule has 0 saturated carbocycles. The van der Waals surface area contributed by atoms with Crippen LogP contribution in [0.2, 0.25) is 0 Å². The molecule has 0 fully saturated rings. The van der Waals surface area contributed by atoms with Crippen LogP contribution in [0.15, 0.2) is 18.2 Å². The summed E-state index contributed by atoms with van der Waals surface area (Å²) in [6, 6.07) is 4.38. The highest BCUT2D eigenvalue weighted by molar-refractivity contribution is 5.55. The summed E-state index contributed by atoms with van der Waals surface area (Å²) in [6.45, 7) is 2.22. The molecule has 6 nitrogen and oxygen atoms in total. The number of aryl methyl sites for hydroxylation is 1. The Morgan fingerprint density at radius 3 is 2.78 bits per heavy atom.